The fourth-order valence-corrected chi connectivity index (χ4v) is 2.14. The molecule has 0 spiro atoms. The van der Waals surface area contributed by atoms with Crippen LogP contribution in [0.5, 0.6) is 0 Å². The Balaban J connectivity index is 2.48. The molecule has 1 aromatic rings. The number of benzene rings is 1. The summed E-state index contributed by atoms with van der Waals surface area (Å²) >= 11 is 0. The zero-order chi connectivity index (χ0) is 11.9. The molecule has 2 rings (SSSR count). The van der Waals surface area contributed by atoms with Crippen molar-refractivity contribution in [2.24, 2.45) is 0 Å². The van der Waals surface area contributed by atoms with E-state index in [9.17, 15) is 9.59 Å². The van der Waals surface area contributed by atoms with Crippen LogP contribution in [0, 0.1) is 0 Å². The largest absolute Gasteiger partial charge is 0.465 e. The van der Waals surface area contributed by atoms with Gasteiger partial charge in [0.15, 0.2) is 0 Å². The van der Waals surface area contributed by atoms with E-state index < -0.39 is 5.41 Å². The first-order valence-corrected chi connectivity index (χ1v) is 5.22. The molecule has 16 heavy (non-hydrogen) atoms. The molecule has 0 aliphatic heterocycles. The van der Waals surface area contributed by atoms with Crippen LogP contribution in [0.2, 0.25) is 0 Å². The second-order valence-corrected chi connectivity index (χ2v) is 4.59. The molecule has 1 aliphatic carbocycles. The number of carbonyl (C=O) groups excluding carboxylic acids is 2. The normalized spacial score (nSPS) is 17.1. The quantitative estimate of drug-likeness (QED) is 0.676. The molecular weight excluding hydrogens is 204 g/mol. The predicted octanol–water partition coefficient (Wildman–Crippen LogP) is 1.88. The maximum absolute atomic E-state index is 11.8. The van der Waals surface area contributed by atoms with Crippen LogP contribution in [-0.4, -0.2) is 18.9 Å². The lowest BCUT2D eigenvalue weighted by Crippen LogP contribution is -2.23. The van der Waals surface area contributed by atoms with Gasteiger partial charge in [-0.25, -0.2) is 4.79 Å². The molecule has 0 heterocycles. The molecule has 0 atom stereocenters. The molecule has 0 aromatic heterocycles. The van der Waals surface area contributed by atoms with Gasteiger partial charge in [-0.05, 0) is 37.1 Å². The maximum atomic E-state index is 11.8. The summed E-state index contributed by atoms with van der Waals surface area (Å²) in [4.78, 5) is 23.1. The van der Waals surface area contributed by atoms with Crippen molar-refractivity contribution in [3.05, 3.63) is 34.9 Å². The lowest BCUT2D eigenvalue weighted by atomic mass is 9.85. The summed E-state index contributed by atoms with van der Waals surface area (Å²) in [5.74, 6) is -0.163. The zero-order valence-electron chi connectivity index (χ0n) is 9.66. The minimum atomic E-state index is -0.427. The van der Waals surface area contributed by atoms with Crippen LogP contribution in [0.15, 0.2) is 18.2 Å². The standard InChI is InChI=1S/C13H14O3/c1-13(2)10-5-4-8(12(15)16-3)6-9(10)7-11(13)14/h4-6H,7H2,1-3H3. The average molecular weight is 218 g/mol. The molecule has 0 bridgehead atoms. The number of ether oxygens (including phenoxy) is 1. The lowest BCUT2D eigenvalue weighted by Gasteiger charge is -2.16. The highest BCUT2D eigenvalue weighted by molar-refractivity contribution is 5.97. The Labute approximate surface area is 94.4 Å². The number of hydrogen-bond acceptors (Lipinski definition) is 3. The third kappa shape index (κ3) is 1.43. The predicted molar refractivity (Wildman–Crippen MR) is 59.5 cm³/mol. The van der Waals surface area contributed by atoms with E-state index in [2.05, 4.69) is 4.74 Å². The molecule has 3 nitrogen and oxygen atoms in total. The fourth-order valence-electron chi connectivity index (χ4n) is 2.14. The Bertz CT molecular complexity index is 472. The number of methoxy groups -OCH3 is 1. The third-order valence-electron chi connectivity index (χ3n) is 3.25. The minimum absolute atomic E-state index is 0.199. The molecule has 3 heteroatoms. The summed E-state index contributed by atoms with van der Waals surface area (Å²) in [7, 11) is 1.35. The number of fused-ring (bicyclic) bond motifs is 1. The number of carbonyl (C=O) groups is 2. The van der Waals surface area contributed by atoms with Gasteiger partial charge in [0.05, 0.1) is 12.7 Å². The van der Waals surface area contributed by atoms with Crippen LogP contribution >= 0.6 is 0 Å². The summed E-state index contributed by atoms with van der Waals surface area (Å²) in [6.45, 7) is 3.83. The molecule has 0 saturated carbocycles. The van der Waals surface area contributed by atoms with Crippen molar-refractivity contribution >= 4 is 11.8 Å². The average Bonchev–Trinajstić information content (AvgIpc) is 2.48. The van der Waals surface area contributed by atoms with Crippen molar-refractivity contribution in [3.63, 3.8) is 0 Å². The van der Waals surface area contributed by atoms with Crippen molar-refractivity contribution < 1.29 is 14.3 Å². The Hall–Kier alpha value is -1.64. The number of rotatable bonds is 1. The number of ketones is 1. The second kappa shape index (κ2) is 3.44. The van der Waals surface area contributed by atoms with Gasteiger partial charge in [0.2, 0.25) is 0 Å². The van der Waals surface area contributed by atoms with E-state index in [-0.39, 0.29) is 11.8 Å². The van der Waals surface area contributed by atoms with Crippen LogP contribution in [0.3, 0.4) is 0 Å². The van der Waals surface area contributed by atoms with E-state index in [1.54, 1.807) is 12.1 Å². The van der Waals surface area contributed by atoms with Gasteiger partial charge >= 0.3 is 5.97 Å². The van der Waals surface area contributed by atoms with E-state index in [1.807, 2.05) is 19.9 Å². The first-order valence-electron chi connectivity index (χ1n) is 5.22. The topological polar surface area (TPSA) is 43.4 Å². The summed E-state index contributed by atoms with van der Waals surface area (Å²) in [6.07, 6.45) is 0.410. The van der Waals surface area contributed by atoms with Crippen molar-refractivity contribution in [2.75, 3.05) is 7.11 Å². The summed E-state index contributed by atoms with van der Waals surface area (Å²) in [5, 5.41) is 0. The van der Waals surface area contributed by atoms with Crippen LogP contribution in [0.1, 0.15) is 35.3 Å². The molecule has 84 valence electrons. The Morgan fingerprint density at radius 1 is 1.38 bits per heavy atom. The second-order valence-electron chi connectivity index (χ2n) is 4.59. The van der Waals surface area contributed by atoms with Gasteiger partial charge in [-0.15, -0.1) is 0 Å². The van der Waals surface area contributed by atoms with Crippen molar-refractivity contribution in [3.8, 4) is 0 Å². The SMILES string of the molecule is COC(=O)c1ccc2c(c1)CC(=O)C2(C)C. The molecule has 0 unspecified atom stereocenters. The summed E-state index contributed by atoms with van der Waals surface area (Å²) < 4.78 is 4.65. The Morgan fingerprint density at radius 2 is 2.06 bits per heavy atom. The summed E-state index contributed by atoms with van der Waals surface area (Å²) in [6, 6.07) is 5.32. The monoisotopic (exact) mass is 218 g/mol. The molecular formula is C13H14O3. The third-order valence-corrected chi connectivity index (χ3v) is 3.25. The van der Waals surface area contributed by atoms with E-state index in [0.29, 0.717) is 12.0 Å². The van der Waals surface area contributed by atoms with E-state index >= 15 is 0 Å². The number of Topliss-reactive ketones (excluding diaryl/α,β-unsaturated/α-hetero) is 1. The van der Waals surface area contributed by atoms with Gasteiger partial charge in [0.1, 0.15) is 5.78 Å². The highest BCUT2D eigenvalue weighted by atomic mass is 16.5. The first kappa shape index (κ1) is 10.9. The van der Waals surface area contributed by atoms with Crippen molar-refractivity contribution in [2.45, 2.75) is 25.7 Å². The highest BCUT2D eigenvalue weighted by Gasteiger charge is 2.38. The minimum Gasteiger partial charge on any atom is -0.465 e. The molecule has 0 amide bonds. The molecule has 0 saturated heterocycles. The first-order chi connectivity index (χ1) is 7.46. The zero-order valence-corrected chi connectivity index (χ0v) is 9.66. The van der Waals surface area contributed by atoms with Crippen LogP contribution in [0.4, 0.5) is 0 Å². The number of esters is 1. The highest BCUT2D eigenvalue weighted by Crippen LogP contribution is 2.35. The van der Waals surface area contributed by atoms with Gasteiger partial charge in [-0.1, -0.05) is 6.07 Å². The molecule has 1 aliphatic rings. The number of hydrogen-bond donors (Lipinski definition) is 0. The van der Waals surface area contributed by atoms with E-state index in [4.69, 9.17) is 0 Å². The van der Waals surface area contributed by atoms with Gasteiger partial charge in [0, 0.05) is 11.8 Å². The maximum Gasteiger partial charge on any atom is 0.337 e. The molecule has 0 radical (unpaired) electrons. The fraction of sp³-hybridized carbons (Fsp3) is 0.385. The van der Waals surface area contributed by atoms with Gasteiger partial charge in [0.25, 0.3) is 0 Å². The van der Waals surface area contributed by atoms with Crippen LogP contribution < -0.4 is 0 Å². The smallest absolute Gasteiger partial charge is 0.337 e. The van der Waals surface area contributed by atoms with Crippen LogP contribution in [0.25, 0.3) is 0 Å². The van der Waals surface area contributed by atoms with Crippen LogP contribution in [-0.2, 0) is 21.4 Å². The molecule has 1 aromatic carbocycles. The van der Waals surface area contributed by atoms with Gasteiger partial charge in [-0.2, -0.15) is 0 Å². The van der Waals surface area contributed by atoms with Gasteiger partial charge < -0.3 is 4.74 Å². The molecule has 0 fully saturated rings. The van der Waals surface area contributed by atoms with Crippen molar-refractivity contribution in [1.82, 2.24) is 0 Å². The van der Waals surface area contributed by atoms with E-state index in [1.165, 1.54) is 7.11 Å². The Morgan fingerprint density at radius 3 is 2.69 bits per heavy atom. The van der Waals surface area contributed by atoms with E-state index in [0.717, 1.165) is 11.1 Å². The summed E-state index contributed by atoms with van der Waals surface area (Å²) in [5.41, 5.74) is 2.04. The van der Waals surface area contributed by atoms with Gasteiger partial charge in [-0.3, -0.25) is 4.79 Å². The lowest BCUT2D eigenvalue weighted by molar-refractivity contribution is -0.121. The van der Waals surface area contributed by atoms with Crippen molar-refractivity contribution in [1.29, 1.82) is 0 Å². The molecule has 0 N–H and O–H groups in total. The Kier molecular flexibility index (Phi) is 2.34.